The van der Waals surface area contributed by atoms with Crippen LogP contribution in [0.2, 0.25) is 0 Å². The molecule has 26 heavy (non-hydrogen) atoms. The van der Waals surface area contributed by atoms with E-state index >= 15 is 0 Å². The van der Waals surface area contributed by atoms with E-state index in [0.717, 1.165) is 5.56 Å². The van der Waals surface area contributed by atoms with Gasteiger partial charge in [0.25, 0.3) is 0 Å². The van der Waals surface area contributed by atoms with Gasteiger partial charge in [0.2, 0.25) is 0 Å². The first-order chi connectivity index (χ1) is 12.6. The maximum atomic E-state index is 12.2. The Bertz CT molecular complexity index is 730. The summed E-state index contributed by atoms with van der Waals surface area (Å²) in [6.45, 7) is 0.0868. The van der Waals surface area contributed by atoms with Gasteiger partial charge in [-0.25, -0.2) is 9.59 Å². The third-order valence-electron chi connectivity index (χ3n) is 3.75. The smallest absolute Gasteiger partial charge is 0.408 e. The second kappa shape index (κ2) is 9.98. The molecule has 1 unspecified atom stereocenters. The van der Waals surface area contributed by atoms with Gasteiger partial charge in [0.1, 0.15) is 12.6 Å². The van der Waals surface area contributed by atoms with Gasteiger partial charge in [0, 0.05) is 12.0 Å². The maximum Gasteiger partial charge on any atom is 0.408 e. The molecule has 6 heteroatoms. The van der Waals surface area contributed by atoms with E-state index in [9.17, 15) is 14.4 Å². The fourth-order valence-corrected chi connectivity index (χ4v) is 2.34. The molecule has 0 radical (unpaired) electrons. The summed E-state index contributed by atoms with van der Waals surface area (Å²) in [6, 6.07) is 17.0. The highest BCUT2D eigenvalue weighted by molar-refractivity contribution is 5.96. The van der Waals surface area contributed by atoms with Crippen LogP contribution in [-0.2, 0) is 20.9 Å². The number of carbonyl (C=O) groups excluding carboxylic acids is 3. The van der Waals surface area contributed by atoms with Crippen molar-refractivity contribution in [1.29, 1.82) is 0 Å². The Kier molecular flexibility index (Phi) is 7.36. The van der Waals surface area contributed by atoms with Gasteiger partial charge in [0.05, 0.1) is 7.11 Å². The molecule has 136 valence electrons. The van der Waals surface area contributed by atoms with Crippen LogP contribution in [0.5, 0.6) is 0 Å². The van der Waals surface area contributed by atoms with Crippen LogP contribution in [0.15, 0.2) is 60.7 Å². The van der Waals surface area contributed by atoms with Crippen LogP contribution in [0.3, 0.4) is 0 Å². The Labute approximate surface area is 152 Å². The van der Waals surface area contributed by atoms with Crippen LogP contribution in [0.1, 0.15) is 28.8 Å². The lowest BCUT2D eigenvalue weighted by Gasteiger charge is -2.16. The quantitative estimate of drug-likeness (QED) is 0.581. The third-order valence-corrected chi connectivity index (χ3v) is 3.75. The number of ketones is 1. The van der Waals surface area contributed by atoms with Crippen molar-refractivity contribution in [2.45, 2.75) is 25.5 Å². The van der Waals surface area contributed by atoms with Crippen LogP contribution in [-0.4, -0.2) is 31.0 Å². The van der Waals surface area contributed by atoms with Crippen LogP contribution in [0.25, 0.3) is 0 Å². The van der Waals surface area contributed by atoms with Gasteiger partial charge in [-0.3, -0.25) is 4.79 Å². The van der Waals surface area contributed by atoms with Crippen LogP contribution in [0.4, 0.5) is 4.79 Å². The number of ether oxygens (including phenoxy) is 2. The number of Topliss-reactive ketones (excluding diaryl/α,β-unsaturated/α-hetero) is 1. The Morgan fingerprint density at radius 2 is 1.58 bits per heavy atom. The maximum absolute atomic E-state index is 12.2. The Morgan fingerprint density at radius 1 is 0.962 bits per heavy atom. The van der Waals surface area contributed by atoms with E-state index in [1.165, 1.54) is 7.11 Å². The standard InChI is InChI=1S/C20H21NO5/c1-25-19(23)17(12-13-18(22)16-10-6-3-7-11-16)21-20(24)26-14-15-8-4-2-5-9-15/h2-11,17H,12-14H2,1H3,(H,21,24). The van der Waals surface area contributed by atoms with Crippen molar-refractivity contribution in [3.63, 3.8) is 0 Å². The number of nitrogens with one attached hydrogen (secondary N) is 1. The van der Waals surface area contributed by atoms with Crippen molar-refractivity contribution in [2.75, 3.05) is 7.11 Å². The van der Waals surface area contributed by atoms with Gasteiger partial charge in [0.15, 0.2) is 5.78 Å². The third kappa shape index (κ3) is 6.05. The summed E-state index contributed by atoms with van der Waals surface area (Å²) in [4.78, 5) is 36.0. The topological polar surface area (TPSA) is 81.7 Å². The normalized spacial score (nSPS) is 11.3. The molecule has 0 saturated heterocycles. The van der Waals surface area contributed by atoms with Crippen molar-refractivity contribution in [1.82, 2.24) is 5.32 Å². The van der Waals surface area contributed by atoms with Crippen LogP contribution < -0.4 is 5.32 Å². The lowest BCUT2D eigenvalue weighted by Crippen LogP contribution is -2.42. The molecule has 2 aromatic carbocycles. The molecule has 0 saturated carbocycles. The molecule has 2 aromatic rings. The van der Waals surface area contributed by atoms with Gasteiger partial charge in [-0.2, -0.15) is 0 Å². The fourth-order valence-electron chi connectivity index (χ4n) is 2.34. The van der Waals surface area contributed by atoms with Crippen molar-refractivity contribution < 1.29 is 23.9 Å². The second-order valence-electron chi connectivity index (χ2n) is 5.61. The van der Waals surface area contributed by atoms with Crippen molar-refractivity contribution in [3.05, 3.63) is 71.8 Å². The lowest BCUT2D eigenvalue weighted by molar-refractivity contribution is -0.143. The van der Waals surface area contributed by atoms with E-state index in [0.29, 0.717) is 5.56 Å². The molecule has 1 amide bonds. The highest BCUT2D eigenvalue weighted by Crippen LogP contribution is 2.09. The van der Waals surface area contributed by atoms with Crippen molar-refractivity contribution in [2.24, 2.45) is 0 Å². The monoisotopic (exact) mass is 355 g/mol. The number of hydrogen-bond acceptors (Lipinski definition) is 5. The molecule has 2 rings (SSSR count). The summed E-state index contributed by atoms with van der Waals surface area (Å²) in [7, 11) is 1.23. The second-order valence-corrected chi connectivity index (χ2v) is 5.61. The zero-order valence-electron chi connectivity index (χ0n) is 14.5. The van der Waals surface area contributed by atoms with E-state index < -0.39 is 18.1 Å². The summed E-state index contributed by atoms with van der Waals surface area (Å²) in [5.41, 5.74) is 1.39. The molecule has 0 aromatic heterocycles. The van der Waals surface area contributed by atoms with Gasteiger partial charge >= 0.3 is 12.1 Å². The first-order valence-corrected chi connectivity index (χ1v) is 8.23. The molecule has 0 aliphatic heterocycles. The number of alkyl carbamates (subject to hydrolysis) is 1. The molecule has 1 N–H and O–H groups in total. The molecular formula is C20H21NO5. The summed E-state index contributed by atoms with van der Waals surface area (Å²) in [6.07, 6.45) is -0.514. The van der Waals surface area contributed by atoms with Crippen molar-refractivity contribution in [3.8, 4) is 0 Å². The minimum atomic E-state index is -0.948. The largest absolute Gasteiger partial charge is 0.467 e. The SMILES string of the molecule is COC(=O)C(CCC(=O)c1ccccc1)NC(=O)OCc1ccccc1. The average molecular weight is 355 g/mol. The zero-order chi connectivity index (χ0) is 18.8. The Balaban J connectivity index is 1.87. The molecule has 0 heterocycles. The summed E-state index contributed by atoms with van der Waals surface area (Å²) in [5, 5.41) is 2.46. The number of esters is 1. The first-order valence-electron chi connectivity index (χ1n) is 8.23. The number of benzene rings is 2. The van der Waals surface area contributed by atoms with Crippen LogP contribution in [0, 0.1) is 0 Å². The zero-order valence-corrected chi connectivity index (χ0v) is 14.5. The summed E-state index contributed by atoms with van der Waals surface area (Å²) >= 11 is 0. The first kappa shape index (κ1) is 19.2. The van der Waals surface area contributed by atoms with E-state index in [1.54, 1.807) is 24.3 Å². The average Bonchev–Trinajstić information content (AvgIpc) is 2.70. The minimum absolute atomic E-state index is 0.0868. The molecule has 6 nitrogen and oxygen atoms in total. The highest BCUT2D eigenvalue weighted by atomic mass is 16.6. The summed E-state index contributed by atoms with van der Waals surface area (Å²) in [5.74, 6) is -0.735. The van der Waals surface area contributed by atoms with E-state index in [2.05, 4.69) is 5.32 Å². The Morgan fingerprint density at radius 3 is 2.19 bits per heavy atom. The number of carbonyl (C=O) groups is 3. The molecule has 0 aliphatic rings. The van der Waals surface area contributed by atoms with Gasteiger partial charge in [-0.15, -0.1) is 0 Å². The number of amides is 1. The van der Waals surface area contributed by atoms with Crippen molar-refractivity contribution >= 4 is 17.8 Å². The predicted molar refractivity (Wildman–Crippen MR) is 95.6 cm³/mol. The number of methoxy groups -OCH3 is 1. The molecular weight excluding hydrogens is 334 g/mol. The molecule has 1 atom stereocenters. The molecule has 0 fully saturated rings. The lowest BCUT2D eigenvalue weighted by atomic mass is 10.0. The predicted octanol–water partition coefficient (Wildman–Crippen LogP) is 3.12. The minimum Gasteiger partial charge on any atom is -0.467 e. The molecule has 0 aliphatic carbocycles. The number of rotatable bonds is 8. The van der Waals surface area contributed by atoms with Gasteiger partial charge in [-0.05, 0) is 12.0 Å². The summed E-state index contributed by atoms with van der Waals surface area (Å²) < 4.78 is 9.80. The van der Waals surface area contributed by atoms with Gasteiger partial charge < -0.3 is 14.8 Å². The van der Waals surface area contributed by atoms with E-state index in [1.807, 2.05) is 36.4 Å². The van der Waals surface area contributed by atoms with E-state index in [4.69, 9.17) is 9.47 Å². The van der Waals surface area contributed by atoms with Gasteiger partial charge in [-0.1, -0.05) is 60.7 Å². The van der Waals surface area contributed by atoms with E-state index in [-0.39, 0.29) is 25.2 Å². The molecule has 0 bridgehead atoms. The Hall–Kier alpha value is -3.15. The molecule has 0 spiro atoms. The fraction of sp³-hybridized carbons (Fsp3) is 0.250. The van der Waals surface area contributed by atoms with Crippen LogP contribution >= 0.6 is 0 Å². The number of hydrogen-bond donors (Lipinski definition) is 1. The highest BCUT2D eigenvalue weighted by Gasteiger charge is 2.23.